The molecule has 1 heterocycles. The molecule has 0 saturated carbocycles. The standard InChI is InChI=1S/C18H28N6O5S/c1-10-8-12-4-3-5-14(15(12)23-9-10)30(28,29)24(11(2)17(26)27)16(25)13(19)6-7-22-18(20)21/h3-5,10-11,13,23H,6-9,19H2,1-2H3,(H,26,27)(H4,20,21,22)/t10?,11-,13?/m0/s1/i7D/t7?,10?,11-,13?. The van der Waals surface area contributed by atoms with Crippen LogP contribution in [-0.2, 0) is 26.0 Å². The van der Waals surface area contributed by atoms with Gasteiger partial charge in [-0.3, -0.25) is 9.79 Å². The molecule has 8 N–H and O–H groups in total. The van der Waals surface area contributed by atoms with E-state index in [4.69, 9.17) is 18.6 Å². The summed E-state index contributed by atoms with van der Waals surface area (Å²) in [5, 5.41) is 12.5. The molecule has 1 amide bonds. The highest BCUT2D eigenvalue weighted by Crippen LogP contribution is 2.33. The zero-order valence-electron chi connectivity index (χ0n) is 17.8. The van der Waals surface area contributed by atoms with E-state index in [1.54, 1.807) is 6.07 Å². The number of para-hydroxylation sites is 1. The number of benzene rings is 1. The molecular formula is C18H28N6O5S. The number of guanidine groups is 1. The number of nitrogens with zero attached hydrogens (tertiary/aromatic N) is 2. The summed E-state index contributed by atoms with van der Waals surface area (Å²) in [5.74, 6) is -2.81. The van der Waals surface area contributed by atoms with Crippen LogP contribution in [0.15, 0.2) is 28.1 Å². The first-order valence-electron chi connectivity index (χ1n) is 9.87. The van der Waals surface area contributed by atoms with Gasteiger partial charge < -0.3 is 27.6 Å². The summed E-state index contributed by atoms with van der Waals surface area (Å²) < 4.78 is 35.0. The third-order valence-electron chi connectivity index (χ3n) is 4.69. The lowest BCUT2D eigenvalue weighted by atomic mass is 9.96. The van der Waals surface area contributed by atoms with Gasteiger partial charge in [-0.05, 0) is 37.3 Å². The molecule has 0 radical (unpaired) electrons. The number of hydrogen-bond acceptors (Lipinski definition) is 7. The molecule has 0 aliphatic carbocycles. The minimum absolute atomic E-state index is 0.211. The molecule has 166 valence electrons. The number of sulfonamides is 1. The Labute approximate surface area is 176 Å². The second-order valence-electron chi connectivity index (χ2n) is 7.21. The van der Waals surface area contributed by atoms with E-state index in [1.165, 1.54) is 12.1 Å². The van der Waals surface area contributed by atoms with Crippen LogP contribution in [0.5, 0.6) is 0 Å². The van der Waals surface area contributed by atoms with Crippen molar-refractivity contribution in [3.05, 3.63) is 23.8 Å². The lowest BCUT2D eigenvalue weighted by molar-refractivity contribution is -0.145. The molecule has 1 aromatic carbocycles. The van der Waals surface area contributed by atoms with Gasteiger partial charge in [0, 0.05) is 13.1 Å². The molecule has 0 fully saturated rings. The number of nitrogens with one attached hydrogen (secondary N) is 1. The van der Waals surface area contributed by atoms with Crippen LogP contribution >= 0.6 is 0 Å². The van der Waals surface area contributed by atoms with Crippen LogP contribution in [0, 0.1) is 5.92 Å². The fourth-order valence-electron chi connectivity index (χ4n) is 3.15. The van der Waals surface area contributed by atoms with Gasteiger partial charge in [0.1, 0.15) is 10.9 Å². The van der Waals surface area contributed by atoms with Gasteiger partial charge in [0.15, 0.2) is 5.96 Å². The Morgan fingerprint density at radius 1 is 1.43 bits per heavy atom. The SMILES string of the molecule is [2H]C(CC(N)C(=O)N([C@@H](C)C(=O)O)S(=O)(=O)c1cccc2c1NCC(C)C2)N=C(N)N. The molecule has 11 nitrogen and oxygen atoms in total. The number of nitrogens with two attached hydrogens (primary N) is 3. The van der Waals surface area contributed by atoms with Gasteiger partial charge in [0.25, 0.3) is 15.9 Å². The van der Waals surface area contributed by atoms with Crippen LogP contribution in [-0.4, -0.2) is 60.8 Å². The van der Waals surface area contributed by atoms with E-state index < -0.39 is 46.9 Å². The fourth-order valence-corrected chi connectivity index (χ4v) is 4.95. The number of carboxylic acids is 1. The molecule has 1 aliphatic heterocycles. The topological polar surface area (TPSA) is 194 Å². The number of fused-ring (bicyclic) bond motifs is 1. The van der Waals surface area contributed by atoms with Crippen LogP contribution in [0.1, 0.15) is 27.2 Å². The molecule has 0 bridgehead atoms. The van der Waals surface area contributed by atoms with Gasteiger partial charge in [0.05, 0.1) is 13.1 Å². The number of carbonyl (C=O) groups is 2. The number of rotatable bonds is 8. The minimum atomic E-state index is -4.59. The number of amides is 1. The number of carboxylic acid groups (broad SMARTS) is 1. The van der Waals surface area contributed by atoms with Crippen LogP contribution in [0.2, 0.25) is 0 Å². The van der Waals surface area contributed by atoms with Crippen molar-refractivity contribution >= 4 is 33.5 Å². The summed E-state index contributed by atoms with van der Waals surface area (Å²) in [4.78, 5) is 28.0. The van der Waals surface area contributed by atoms with Crippen molar-refractivity contribution in [2.45, 2.75) is 43.7 Å². The third kappa shape index (κ3) is 5.00. The summed E-state index contributed by atoms with van der Waals surface area (Å²) in [6, 6.07) is 1.38. The molecule has 4 atom stereocenters. The highest BCUT2D eigenvalue weighted by atomic mass is 32.2. The van der Waals surface area contributed by atoms with Crippen LogP contribution in [0.25, 0.3) is 0 Å². The zero-order chi connectivity index (χ0) is 23.5. The van der Waals surface area contributed by atoms with E-state index in [9.17, 15) is 23.1 Å². The molecule has 3 unspecified atom stereocenters. The fraction of sp³-hybridized carbons (Fsp3) is 0.500. The van der Waals surface area contributed by atoms with Crippen LogP contribution in [0.4, 0.5) is 5.69 Å². The maximum atomic E-state index is 13.5. The Morgan fingerprint density at radius 2 is 2.10 bits per heavy atom. The maximum absolute atomic E-state index is 13.5. The van der Waals surface area contributed by atoms with Gasteiger partial charge in [0.2, 0.25) is 0 Å². The summed E-state index contributed by atoms with van der Waals surface area (Å²) in [6.45, 7) is 2.29. The van der Waals surface area contributed by atoms with E-state index in [2.05, 4.69) is 10.3 Å². The van der Waals surface area contributed by atoms with E-state index in [-0.39, 0.29) is 21.1 Å². The van der Waals surface area contributed by atoms with Crippen molar-refractivity contribution < 1.29 is 24.5 Å². The quantitative estimate of drug-likeness (QED) is 0.255. The van der Waals surface area contributed by atoms with Gasteiger partial charge in [-0.15, -0.1) is 0 Å². The Bertz CT molecular complexity index is 982. The Balaban J connectivity index is 2.49. The van der Waals surface area contributed by atoms with E-state index >= 15 is 0 Å². The average molecular weight is 442 g/mol. The lowest BCUT2D eigenvalue weighted by Gasteiger charge is -2.31. The molecule has 0 saturated heterocycles. The molecule has 0 aromatic heterocycles. The maximum Gasteiger partial charge on any atom is 0.327 e. The summed E-state index contributed by atoms with van der Waals surface area (Å²) in [5.41, 5.74) is 17.3. The third-order valence-corrected chi connectivity index (χ3v) is 6.60. The normalized spacial score (nSPS) is 19.3. The van der Waals surface area contributed by atoms with Crippen molar-refractivity contribution in [1.29, 1.82) is 0 Å². The predicted octanol–water partition coefficient (Wildman–Crippen LogP) is -0.728. The lowest BCUT2D eigenvalue weighted by Crippen LogP contribution is -2.53. The smallest absolute Gasteiger partial charge is 0.327 e. The molecule has 30 heavy (non-hydrogen) atoms. The Morgan fingerprint density at radius 3 is 2.70 bits per heavy atom. The first-order chi connectivity index (χ1) is 14.4. The Hall–Kier alpha value is -2.86. The molecule has 1 aliphatic rings. The van der Waals surface area contributed by atoms with Crippen molar-refractivity contribution in [2.75, 3.05) is 18.4 Å². The first kappa shape index (κ1) is 21.8. The van der Waals surface area contributed by atoms with Crippen LogP contribution < -0.4 is 22.5 Å². The molecular weight excluding hydrogens is 412 g/mol. The molecule has 12 heteroatoms. The van der Waals surface area contributed by atoms with Crippen molar-refractivity contribution in [3.63, 3.8) is 0 Å². The van der Waals surface area contributed by atoms with Gasteiger partial charge in [-0.2, -0.15) is 0 Å². The van der Waals surface area contributed by atoms with Gasteiger partial charge >= 0.3 is 5.97 Å². The summed E-state index contributed by atoms with van der Waals surface area (Å²) >= 11 is 0. The summed E-state index contributed by atoms with van der Waals surface area (Å²) in [7, 11) is -4.59. The second-order valence-corrected chi connectivity index (χ2v) is 9.00. The van der Waals surface area contributed by atoms with Gasteiger partial charge in [-0.1, -0.05) is 19.1 Å². The highest BCUT2D eigenvalue weighted by molar-refractivity contribution is 7.89. The molecule has 1 aromatic rings. The van der Waals surface area contributed by atoms with Crippen molar-refractivity contribution in [1.82, 2.24) is 4.31 Å². The summed E-state index contributed by atoms with van der Waals surface area (Å²) in [6.07, 6.45) is 0.227. The Kier molecular flexibility index (Phi) is 6.77. The minimum Gasteiger partial charge on any atom is -0.480 e. The number of aliphatic imine (C=N–C) groups is 1. The number of carbonyl (C=O) groups excluding carboxylic acids is 1. The first-order valence-corrected chi connectivity index (χ1v) is 10.7. The highest BCUT2D eigenvalue weighted by Gasteiger charge is 2.40. The van der Waals surface area contributed by atoms with E-state index in [0.717, 1.165) is 12.5 Å². The monoisotopic (exact) mass is 441 g/mol. The van der Waals surface area contributed by atoms with Crippen molar-refractivity contribution in [2.24, 2.45) is 28.1 Å². The van der Waals surface area contributed by atoms with Gasteiger partial charge in [-0.25, -0.2) is 17.5 Å². The second kappa shape index (κ2) is 9.30. The number of aliphatic carboxylic acids is 1. The molecule has 0 spiro atoms. The average Bonchev–Trinajstić information content (AvgIpc) is 2.66. The largest absolute Gasteiger partial charge is 0.480 e. The van der Waals surface area contributed by atoms with E-state index in [1.807, 2.05) is 6.92 Å². The van der Waals surface area contributed by atoms with E-state index in [0.29, 0.717) is 18.7 Å². The molecule has 2 rings (SSSR count). The van der Waals surface area contributed by atoms with Crippen molar-refractivity contribution in [3.8, 4) is 0 Å². The zero-order valence-corrected chi connectivity index (χ0v) is 17.6. The number of hydrogen-bond donors (Lipinski definition) is 5. The number of anilines is 1. The predicted molar refractivity (Wildman–Crippen MR) is 112 cm³/mol. The van der Waals surface area contributed by atoms with Crippen LogP contribution in [0.3, 0.4) is 0 Å².